The molecule has 1 saturated heterocycles. The predicted molar refractivity (Wildman–Crippen MR) is 79.4 cm³/mol. The van der Waals surface area contributed by atoms with E-state index in [0.717, 1.165) is 25.2 Å². The summed E-state index contributed by atoms with van der Waals surface area (Å²) in [5, 5.41) is 13.9. The van der Waals surface area contributed by atoms with E-state index in [1.807, 2.05) is 12.1 Å². The number of rotatable bonds is 3. The zero-order valence-corrected chi connectivity index (χ0v) is 12.7. The maximum absolute atomic E-state index is 11.7. The van der Waals surface area contributed by atoms with Gasteiger partial charge in [-0.2, -0.15) is 13.2 Å². The minimum absolute atomic E-state index is 0.0797. The largest absolute Gasteiger partial charge is 0.490 e. The van der Waals surface area contributed by atoms with Gasteiger partial charge in [-0.15, -0.1) is 0 Å². The monoisotopic (exact) mass is 352 g/mol. The first kappa shape index (κ1) is 19.2. The summed E-state index contributed by atoms with van der Waals surface area (Å²) in [4.78, 5) is 20.6. The third-order valence-electron chi connectivity index (χ3n) is 3.01. The Morgan fingerprint density at radius 2 is 1.87 bits per heavy atom. The van der Waals surface area contributed by atoms with E-state index >= 15 is 0 Å². The van der Waals surface area contributed by atoms with Gasteiger partial charge in [-0.25, -0.2) is 4.79 Å². The molecule has 2 rings (SSSR count). The molecule has 1 aliphatic rings. The smallest absolute Gasteiger partial charge is 0.475 e. The van der Waals surface area contributed by atoms with Gasteiger partial charge in [0.2, 0.25) is 5.91 Å². The minimum Gasteiger partial charge on any atom is -0.475 e. The Hall–Kier alpha value is -1.80. The molecule has 128 valence electrons. The topological polar surface area (TPSA) is 78.4 Å². The number of carbonyl (C=O) groups is 2. The third-order valence-corrected chi connectivity index (χ3v) is 3.26. The summed E-state index contributed by atoms with van der Waals surface area (Å²) in [5.41, 5.74) is 0.806. The normalized spacial score (nSPS) is 17.1. The van der Waals surface area contributed by atoms with Crippen LogP contribution >= 0.6 is 11.6 Å². The predicted octanol–water partition coefficient (Wildman–Crippen LogP) is 2.91. The molecule has 0 bridgehead atoms. The number of amides is 1. The van der Waals surface area contributed by atoms with E-state index in [9.17, 15) is 18.0 Å². The summed E-state index contributed by atoms with van der Waals surface area (Å²) < 4.78 is 31.7. The second kappa shape index (κ2) is 8.73. The highest BCUT2D eigenvalue weighted by atomic mass is 35.5. The Kier molecular flexibility index (Phi) is 7.31. The lowest BCUT2D eigenvalue weighted by atomic mass is 10.0. The fourth-order valence-electron chi connectivity index (χ4n) is 1.90. The molecule has 23 heavy (non-hydrogen) atoms. The molecule has 0 radical (unpaired) electrons. The number of benzene rings is 1. The van der Waals surface area contributed by atoms with Gasteiger partial charge in [-0.05, 0) is 49.7 Å². The number of nitrogens with one attached hydrogen (secondary N) is 2. The second-order valence-corrected chi connectivity index (χ2v) is 5.36. The van der Waals surface area contributed by atoms with Crippen molar-refractivity contribution in [2.45, 2.75) is 19.0 Å². The first-order valence-electron chi connectivity index (χ1n) is 6.74. The number of carbonyl (C=O) groups excluding carboxylic acids is 1. The summed E-state index contributed by atoms with van der Waals surface area (Å²) in [5.74, 6) is -2.20. The van der Waals surface area contributed by atoms with Crippen LogP contribution in [0.25, 0.3) is 0 Å². The number of alkyl halides is 3. The minimum atomic E-state index is -5.08. The van der Waals surface area contributed by atoms with Gasteiger partial charge >= 0.3 is 12.1 Å². The summed E-state index contributed by atoms with van der Waals surface area (Å²) >= 11 is 5.76. The van der Waals surface area contributed by atoms with Crippen molar-refractivity contribution in [3.05, 3.63) is 29.3 Å². The van der Waals surface area contributed by atoms with Crippen molar-refractivity contribution in [3.8, 4) is 0 Å². The van der Waals surface area contributed by atoms with Crippen LogP contribution in [0.4, 0.5) is 18.9 Å². The molecule has 5 nitrogen and oxygen atoms in total. The van der Waals surface area contributed by atoms with E-state index in [2.05, 4.69) is 10.6 Å². The number of aliphatic carboxylic acids is 1. The SMILES string of the molecule is O=C(CC1CCNC1)Nc1ccc(Cl)cc1.O=C(O)C(F)(F)F. The molecule has 1 atom stereocenters. The molecule has 1 aromatic rings. The molecule has 0 aromatic heterocycles. The van der Waals surface area contributed by atoms with Gasteiger partial charge in [-0.1, -0.05) is 11.6 Å². The molecule has 0 aliphatic carbocycles. The Morgan fingerprint density at radius 1 is 1.30 bits per heavy atom. The lowest BCUT2D eigenvalue weighted by Crippen LogP contribution is -2.21. The Balaban J connectivity index is 0.000000322. The van der Waals surface area contributed by atoms with Crippen molar-refractivity contribution in [2.75, 3.05) is 18.4 Å². The molecule has 1 fully saturated rings. The first-order chi connectivity index (χ1) is 10.7. The highest BCUT2D eigenvalue weighted by Gasteiger charge is 2.38. The summed E-state index contributed by atoms with van der Waals surface area (Å²) in [6, 6.07) is 7.17. The maximum atomic E-state index is 11.7. The van der Waals surface area contributed by atoms with Gasteiger partial charge in [0.1, 0.15) is 0 Å². The molecule has 0 spiro atoms. The van der Waals surface area contributed by atoms with Crippen LogP contribution in [0.2, 0.25) is 5.02 Å². The molecule has 1 heterocycles. The van der Waals surface area contributed by atoms with Crippen LogP contribution < -0.4 is 10.6 Å². The molecule has 1 amide bonds. The van der Waals surface area contributed by atoms with Crippen molar-refractivity contribution >= 4 is 29.2 Å². The van der Waals surface area contributed by atoms with Gasteiger partial charge in [0.05, 0.1) is 0 Å². The van der Waals surface area contributed by atoms with Crippen molar-refractivity contribution in [2.24, 2.45) is 5.92 Å². The van der Waals surface area contributed by atoms with E-state index < -0.39 is 12.1 Å². The molecule has 1 unspecified atom stereocenters. The van der Waals surface area contributed by atoms with Crippen LogP contribution in [-0.4, -0.2) is 36.2 Å². The summed E-state index contributed by atoms with van der Waals surface area (Å²) in [7, 11) is 0. The zero-order chi connectivity index (χ0) is 17.5. The van der Waals surface area contributed by atoms with Crippen LogP contribution in [0.5, 0.6) is 0 Å². The quantitative estimate of drug-likeness (QED) is 0.781. The van der Waals surface area contributed by atoms with Crippen LogP contribution in [-0.2, 0) is 9.59 Å². The number of anilines is 1. The molecule has 3 N–H and O–H groups in total. The molecule has 1 aromatic carbocycles. The van der Waals surface area contributed by atoms with Crippen LogP contribution in [0.15, 0.2) is 24.3 Å². The lowest BCUT2D eigenvalue weighted by molar-refractivity contribution is -0.192. The number of hydrogen-bond acceptors (Lipinski definition) is 3. The van der Waals surface area contributed by atoms with E-state index in [0.29, 0.717) is 17.4 Å². The van der Waals surface area contributed by atoms with E-state index in [-0.39, 0.29) is 5.91 Å². The van der Waals surface area contributed by atoms with E-state index in [4.69, 9.17) is 21.5 Å². The number of carboxylic acids is 1. The highest BCUT2D eigenvalue weighted by molar-refractivity contribution is 6.30. The van der Waals surface area contributed by atoms with Crippen molar-refractivity contribution in [3.63, 3.8) is 0 Å². The van der Waals surface area contributed by atoms with Gasteiger partial charge in [-0.3, -0.25) is 4.79 Å². The van der Waals surface area contributed by atoms with E-state index in [1.165, 1.54) is 0 Å². The lowest BCUT2D eigenvalue weighted by Gasteiger charge is -2.09. The second-order valence-electron chi connectivity index (χ2n) is 4.92. The van der Waals surface area contributed by atoms with Gasteiger partial charge < -0.3 is 15.7 Å². The summed E-state index contributed by atoms with van der Waals surface area (Å²) in [6.07, 6.45) is -3.40. The van der Waals surface area contributed by atoms with Crippen LogP contribution in [0.1, 0.15) is 12.8 Å². The molecule has 1 aliphatic heterocycles. The standard InChI is InChI=1S/C12H15ClN2O.C2HF3O2/c13-10-1-3-11(4-2-10)15-12(16)7-9-5-6-14-8-9;3-2(4,5)1(6)7/h1-4,9,14H,5-8H2,(H,15,16);(H,6,7). The van der Waals surface area contributed by atoms with Gasteiger partial charge in [0.25, 0.3) is 0 Å². The molecule has 9 heteroatoms. The molecular weight excluding hydrogens is 337 g/mol. The Morgan fingerprint density at radius 3 is 2.30 bits per heavy atom. The first-order valence-corrected chi connectivity index (χ1v) is 7.12. The van der Waals surface area contributed by atoms with Gasteiger partial charge in [0.15, 0.2) is 0 Å². The van der Waals surface area contributed by atoms with Crippen LogP contribution in [0, 0.1) is 5.92 Å². The average Bonchev–Trinajstić information content (AvgIpc) is 2.94. The number of carboxylic acid groups (broad SMARTS) is 1. The van der Waals surface area contributed by atoms with Crippen LogP contribution in [0.3, 0.4) is 0 Å². The summed E-state index contributed by atoms with van der Waals surface area (Å²) in [6.45, 7) is 1.98. The highest BCUT2D eigenvalue weighted by Crippen LogP contribution is 2.16. The third kappa shape index (κ3) is 7.85. The Bertz CT molecular complexity index is 529. The fraction of sp³-hybridized carbons (Fsp3) is 0.429. The zero-order valence-electron chi connectivity index (χ0n) is 12.0. The Labute approximate surface area is 135 Å². The van der Waals surface area contributed by atoms with Crippen molar-refractivity contribution in [1.82, 2.24) is 5.32 Å². The van der Waals surface area contributed by atoms with Crippen molar-refractivity contribution in [1.29, 1.82) is 0 Å². The van der Waals surface area contributed by atoms with Gasteiger partial charge in [0, 0.05) is 17.1 Å². The number of hydrogen-bond donors (Lipinski definition) is 3. The van der Waals surface area contributed by atoms with E-state index in [1.54, 1.807) is 12.1 Å². The average molecular weight is 353 g/mol. The van der Waals surface area contributed by atoms with Crippen molar-refractivity contribution < 1.29 is 27.9 Å². The number of halogens is 4. The fourth-order valence-corrected chi connectivity index (χ4v) is 2.02. The molecular formula is C14H16ClF3N2O3. The maximum Gasteiger partial charge on any atom is 0.490 e. The molecule has 0 saturated carbocycles.